The molecule has 2 aromatic heterocycles. The number of aromatic nitrogens is 2. The zero-order valence-electron chi connectivity index (χ0n) is 17.3. The van der Waals surface area contributed by atoms with Gasteiger partial charge in [0.2, 0.25) is 0 Å². The Balaban J connectivity index is 2.05. The number of carbonyl (C=O) groups is 1. The second-order valence-corrected chi connectivity index (χ2v) is 7.71. The molecule has 0 saturated heterocycles. The highest BCUT2D eigenvalue weighted by Gasteiger charge is 2.21. The SMILES string of the molecule is CCCCCc1c(C(=O)Nc2ccccc2Cl)c(=O)cc(C)n1Cc1ccncc1. The summed E-state index contributed by atoms with van der Waals surface area (Å²) in [4.78, 5) is 30.1. The Kier molecular flexibility index (Phi) is 7.41. The molecule has 5 nitrogen and oxygen atoms in total. The number of amides is 1. The molecule has 3 rings (SSSR count). The van der Waals surface area contributed by atoms with Gasteiger partial charge in [0.05, 0.1) is 10.7 Å². The number of benzene rings is 1. The van der Waals surface area contributed by atoms with E-state index >= 15 is 0 Å². The molecular formula is C24H26ClN3O2. The summed E-state index contributed by atoms with van der Waals surface area (Å²) in [6.45, 7) is 4.61. The van der Waals surface area contributed by atoms with Crippen molar-refractivity contribution >= 4 is 23.2 Å². The first kappa shape index (κ1) is 21.8. The third-order valence-corrected chi connectivity index (χ3v) is 5.41. The lowest BCUT2D eigenvalue weighted by molar-refractivity contribution is 0.102. The van der Waals surface area contributed by atoms with Crippen molar-refractivity contribution in [2.75, 3.05) is 5.32 Å². The number of nitrogens with one attached hydrogen (secondary N) is 1. The van der Waals surface area contributed by atoms with Gasteiger partial charge in [0.1, 0.15) is 5.56 Å². The number of rotatable bonds is 8. The Morgan fingerprint density at radius 1 is 1.13 bits per heavy atom. The largest absolute Gasteiger partial charge is 0.343 e. The quantitative estimate of drug-likeness (QED) is 0.504. The summed E-state index contributed by atoms with van der Waals surface area (Å²) in [7, 11) is 0. The van der Waals surface area contributed by atoms with Crippen molar-refractivity contribution in [2.24, 2.45) is 0 Å². The van der Waals surface area contributed by atoms with Crippen molar-refractivity contribution in [3.05, 3.63) is 92.6 Å². The Labute approximate surface area is 181 Å². The van der Waals surface area contributed by atoms with Crippen molar-refractivity contribution in [3.8, 4) is 0 Å². The van der Waals surface area contributed by atoms with Gasteiger partial charge in [-0.15, -0.1) is 0 Å². The van der Waals surface area contributed by atoms with Crippen LogP contribution in [0.2, 0.25) is 5.02 Å². The van der Waals surface area contributed by atoms with Crippen LogP contribution in [0.4, 0.5) is 5.69 Å². The Morgan fingerprint density at radius 3 is 2.57 bits per heavy atom. The first-order chi connectivity index (χ1) is 14.5. The number of aryl methyl sites for hydroxylation is 1. The summed E-state index contributed by atoms with van der Waals surface area (Å²) in [6, 6.07) is 12.4. The zero-order chi connectivity index (χ0) is 21.5. The maximum atomic E-state index is 13.2. The third kappa shape index (κ3) is 5.16. The molecule has 30 heavy (non-hydrogen) atoms. The molecule has 1 aromatic carbocycles. The molecule has 0 aliphatic heterocycles. The van der Waals surface area contributed by atoms with Crippen LogP contribution in [-0.2, 0) is 13.0 Å². The molecule has 0 unspecified atom stereocenters. The molecule has 0 radical (unpaired) electrons. The predicted octanol–water partition coefficient (Wildman–Crippen LogP) is 5.24. The Hall–Kier alpha value is -2.92. The number of pyridine rings is 2. The highest BCUT2D eigenvalue weighted by atomic mass is 35.5. The minimum Gasteiger partial charge on any atom is -0.343 e. The van der Waals surface area contributed by atoms with Gasteiger partial charge in [-0.1, -0.05) is 43.5 Å². The lowest BCUT2D eigenvalue weighted by Crippen LogP contribution is -2.28. The van der Waals surface area contributed by atoms with E-state index in [0.29, 0.717) is 23.7 Å². The van der Waals surface area contributed by atoms with Crippen LogP contribution >= 0.6 is 11.6 Å². The summed E-state index contributed by atoms with van der Waals surface area (Å²) in [5.74, 6) is -0.428. The fourth-order valence-corrected chi connectivity index (χ4v) is 3.70. The molecule has 0 bridgehead atoms. The summed E-state index contributed by atoms with van der Waals surface area (Å²) in [5, 5.41) is 3.25. The van der Waals surface area contributed by atoms with Gasteiger partial charge >= 0.3 is 0 Å². The molecule has 3 aromatic rings. The fourth-order valence-electron chi connectivity index (χ4n) is 3.51. The molecule has 1 N–H and O–H groups in total. The topological polar surface area (TPSA) is 64.0 Å². The van der Waals surface area contributed by atoms with E-state index < -0.39 is 5.91 Å². The van der Waals surface area contributed by atoms with E-state index in [0.717, 1.165) is 36.2 Å². The molecule has 0 atom stereocenters. The van der Waals surface area contributed by atoms with E-state index in [1.165, 1.54) is 6.07 Å². The molecule has 0 saturated carbocycles. The summed E-state index contributed by atoms with van der Waals surface area (Å²) < 4.78 is 2.06. The summed E-state index contributed by atoms with van der Waals surface area (Å²) >= 11 is 6.20. The standard InChI is InChI=1S/C24H26ClN3O2/c1-3-4-5-10-21-23(24(30)27-20-9-7-6-8-19(20)25)22(29)15-17(2)28(21)16-18-11-13-26-14-12-18/h6-9,11-15H,3-5,10,16H2,1-2H3,(H,27,30). The molecule has 0 spiro atoms. The van der Waals surface area contributed by atoms with Gasteiger partial charge in [0, 0.05) is 36.4 Å². The van der Waals surface area contributed by atoms with Crippen molar-refractivity contribution in [3.63, 3.8) is 0 Å². The Bertz CT molecular complexity index is 1080. The van der Waals surface area contributed by atoms with Crippen LogP contribution in [0.5, 0.6) is 0 Å². The molecule has 2 heterocycles. The number of unbranched alkanes of at least 4 members (excludes halogenated alkanes) is 2. The van der Waals surface area contributed by atoms with Gasteiger partial charge in [0.15, 0.2) is 5.43 Å². The molecule has 0 aliphatic rings. The third-order valence-electron chi connectivity index (χ3n) is 5.08. The number of halogens is 1. The highest BCUT2D eigenvalue weighted by Crippen LogP contribution is 2.22. The second-order valence-electron chi connectivity index (χ2n) is 7.30. The number of para-hydroxylation sites is 1. The summed E-state index contributed by atoms with van der Waals surface area (Å²) in [6.07, 6.45) is 7.14. The van der Waals surface area contributed by atoms with E-state index in [-0.39, 0.29) is 11.0 Å². The number of carbonyl (C=O) groups excluding carboxylic acids is 1. The van der Waals surface area contributed by atoms with Gasteiger partial charge in [-0.3, -0.25) is 14.6 Å². The maximum absolute atomic E-state index is 13.2. The van der Waals surface area contributed by atoms with E-state index in [2.05, 4.69) is 21.8 Å². The van der Waals surface area contributed by atoms with Crippen molar-refractivity contribution in [1.82, 2.24) is 9.55 Å². The average molecular weight is 424 g/mol. The van der Waals surface area contributed by atoms with Gasteiger partial charge in [-0.25, -0.2) is 0 Å². The van der Waals surface area contributed by atoms with Gasteiger partial charge in [-0.05, 0) is 49.6 Å². The number of nitrogens with zero attached hydrogens (tertiary/aromatic N) is 2. The van der Waals surface area contributed by atoms with Crippen molar-refractivity contribution < 1.29 is 4.79 Å². The van der Waals surface area contributed by atoms with E-state index in [1.807, 2.05) is 19.1 Å². The molecule has 6 heteroatoms. The van der Waals surface area contributed by atoms with E-state index in [4.69, 9.17) is 11.6 Å². The molecular weight excluding hydrogens is 398 g/mol. The van der Waals surface area contributed by atoms with Crippen LogP contribution in [0.1, 0.15) is 53.5 Å². The van der Waals surface area contributed by atoms with Crippen LogP contribution in [0.3, 0.4) is 0 Å². The van der Waals surface area contributed by atoms with Crippen LogP contribution in [-0.4, -0.2) is 15.5 Å². The molecule has 156 valence electrons. The van der Waals surface area contributed by atoms with Gasteiger partial charge < -0.3 is 9.88 Å². The normalized spacial score (nSPS) is 10.8. The molecule has 1 amide bonds. The number of hydrogen-bond acceptors (Lipinski definition) is 3. The van der Waals surface area contributed by atoms with Crippen LogP contribution in [0, 0.1) is 6.92 Å². The lowest BCUT2D eigenvalue weighted by Gasteiger charge is -2.20. The zero-order valence-corrected chi connectivity index (χ0v) is 18.1. The monoisotopic (exact) mass is 423 g/mol. The minimum atomic E-state index is -0.428. The van der Waals surface area contributed by atoms with Crippen molar-refractivity contribution in [2.45, 2.75) is 46.1 Å². The molecule has 0 fully saturated rings. The predicted molar refractivity (Wildman–Crippen MR) is 121 cm³/mol. The molecule has 0 aliphatic carbocycles. The van der Waals surface area contributed by atoms with Crippen LogP contribution in [0.25, 0.3) is 0 Å². The van der Waals surface area contributed by atoms with Crippen LogP contribution < -0.4 is 10.7 Å². The van der Waals surface area contributed by atoms with E-state index in [9.17, 15) is 9.59 Å². The lowest BCUT2D eigenvalue weighted by atomic mass is 10.0. The highest BCUT2D eigenvalue weighted by molar-refractivity contribution is 6.33. The fraction of sp³-hybridized carbons (Fsp3) is 0.292. The van der Waals surface area contributed by atoms with Crippen molar-refractivity contribution in [1.29, 1.82) is 0 Å². The minimum absolute atomic E-state index is 0.186. The van der Waals surface area contributed by atoms with Gasteiger partial charge in [0.25, 0.3) is 5.91 Å². The number of hydrogen-bond donors (Lipinski definition) is 1. The smallest absolute Gasteiger partial charge is 0.261 e. The Morgan fingerprint density at radius 2 is 1.87 bits per heavy atom. The van der Waals surface area contributed by atoms with E-state index in [1.54, 1.807) is 36.7 Å². The maximum Gasteiger partial charge on any atom is 0.261 e. The first-order valence-corrected chi connectivity index (χ1v) is 10.6. The first-order valence-electron chi connectivity index (χ1n) is 10.2. The average Bonchev–Trinajstić information content (AvgIpc) is 2.73. The number of anilines is 1. The summed E-state index contributed by atoms with van der Waals surface area (Å²) in [5.41, 5.74) is 3.06. The van der Waals surface area contributed by atoms with Crippen LogP contribution in [0.15, 0.2) is 59.7 Å². The second kappa shape index (κ2) is 10.2. The van der Waals surface area contributed by atoms with Gasteiger partial charge in [-0.2, -0.15) is 0 Å².